The van der Waals surface area contributed by atoms with Gasteiger partial charge < -0.3 is 5.32 Å². The Balaban J connectivity index is 2.24. The second-order valence-electron chi connectivity index (χ2n) is 4.94. The molecule has 0 saturated heterocycles. The van der Waals surface area contributed by atoms with E-state index in [1.165, 1.54) is 11.3 Å². The first kappa shape index (κ1) is 15.9. The van der Waals surface area contributed by atoms with Gasteiger partial charge in [-0.15, -0.1) is 11.3 Å². The highest BCUT2D eigenvalue weighted by Gasteiger charge is 2.17. The lowest BCUT2D eigenvalue weighted by Crippen LogP contribution is -2.15. The molecule has 0 spiro atoms. The van der Waals surface area contributed by atoms with Crippen LogP contribution in [0.4, 0.5) is 5.13 Å². The van der Waals surface area contributed by atoms with Gasteiger partial charge in [0.15, 0.2) is 5.13 Å². The molecule has 2 N–H and O–H groups in total. The first-order chi connectivity index (χ1) is 9.83. The van der Waals surface area contributed by atoms with Crippen molar-refractivity contribution in [2.45, 2.75) is 31.7 Å². The summed E-state index contributed by atoms with van der Waals surface area (Å²) in [6, 6.07) is 5.17. The maximum Gasteiger partial charge on any atom is 0.263 e. The van der Waals surface area contributed by atoms with Gasteiger partial charge in [0.1, 0.15) is 0 Å². The number of sulfonamides is 1. The lowest BCUT2D eigenvalue weighted by molar-refractivity contribution is 0.601. The highest BCUT2D eigenvalue weighted by Crippen LogP contribution is 2.24. The summed E-state index contributed by atoms with van der Waals surface area (Å²) >= 11 is 1.28. The van der Waals surface area contributed by atoms with Crippen LogP contribution in [-0.4, -0.2) is 20.4 Å². The molecular weight excluding hydrogens is 306 g/mol. The van der Waals surface area contributed by atoms with Crippen molar-refractivity contribution in [1.29, 1.82) is 0 Å². The first-order valence-corrected chi connectivity index (χ1v) is 8.92. The SMILES string of the molecule is CNC(C)c1csc(NS(=O)(=O)c2ccc(C)c(C)c2)n1. The number of benzene rings is 1. The number of hydrogen-bond acceptors (Lipinski definition) is 5. The van der Waals surface area contributed by atoms with Gasteiger partial charge in [0.05, 0.1) is 10.6 Å². The van der Waals surface area contributed by atoms with Crippen molar-refractivity contribution in [3.8, 4) is 0 Å². The van der Waals surface area contributed by atoms with Crippen LogP contribution in [0.5, 0.6) is 0 Å². The second-order valence-corrected chi connectivity index (χ2v) is 7.48. The summed E-state index contributed by atoms with van der Waals surface area (Å²) in [7, 11) is -1.76. The van der Waals surface area contributed by atoms with E-state index in [4.69, 9.17) is 0 Å². The molecule has 1 unspecified atom stereocenters. The van der Waals surface area contributed by atoms with E-state index < -0.39 is 10.0 Å². The van der Waals surface area contributed by atoms with Gasteiger partial charge in [0.25, 0.3) is 10.0 Å². The van der Waals surface area contributed by atoms with E-state index in [0.717, 1.165) is 16.8 Å². The largest absolute Gasteiger partial charge is 0.312 e. The first-order valence-electron chi connectivity index (χ1n) is 6.56. The predicted molar refractivity (Wildman–Crippen MR) is 86.3 cm³/mol. The molecule has 5 nitrogen and oxygen atoms in total. The number of anilines is 1. The van der Waals surface area contributed by atoms with E-state index in [-0.39, 0.29) is 10.9 Å². The van der Waals surface area contributed by atoms with Crippen molar-refractivity contribution < 1.29 is 8.42 Å². The van der Waals surface area contributed by atoms with Crippen LogP contribution in [0.15, 0.2) is 28.5 Å². The van der Waals surface area contributed by atoms with Crippen molar-refractivity contribution in [3.05, 3.63) is 40.4 Å². The van der Waals surface area contributed by atoms with E-state index >= 15 is 0 Å². The van der Waals surface area contributed by atoms with Crippen LogP contribution in [0.3, 0.4) is 0 Å². The number of rotatable bonds is 5. The molecule has 0 aliphatic rings. The Bertz CT molecular complexity index is 738. The molecule has 1 heterocycles. The molecule has 0 fully saturated rings. The highest BCUT2D eigenvalue weighted by molar-refractivity contribution is 7.93. The Kier molecular flexibility index (Phi) is 4.65. The van der Waals surface area contributed by atoms with E-state index in [9.17, 15) is 8.42 Å². The van der Waals surface area contributed by atoms with Crippen molar-refractivity contribution in [2.24, 2.45) is 0 Å². The molecule has 0 amide bonds. The van der Waals surface area contributed by atoms with Crippen LogP contribution in [0.2, 0.25) is 0 Å². The molecular formula is C14H19N3O2S2. The monoisotopic (exact) mass is 325 g/mol. The third kappa shape index (κ3) is 3.61. The van der Waals surface area contributed by atoms with Crippen LogP contribution in [0.1, 0.15) is 29.8 Å². The van der Waals surface area contributed by atoms with Gasteiger partial charge in [0.2, 0.25) is 0 Å². The minimum Gasteiger partial charge on any atom is -0.312 e. The zero-order valence-corrected chi connectivity index (χ0v) is 14.1. The molecule has 0 saturated carbocycles. The third-order valence-electron chi connectivity index (χ3n) is 3.41. The van der Waals surface area contributed by atoms with Crippen LogP contribution in [0, 0.1) is 13.8 Å². The van der Waals surface area contributed by atoms with Gasteiger partial charge in [-0.3, -0.25) is 4.72 Å². The molecule has 21 heavy (non-hydrogen) atoms. The van der Waals surface area contributed by atoms with Crippen molar-refractivity contribution in [3.63, 3.8) is 0 Å². The van der Waals surface area contributed by atoms with Crippen molar-refractivity contribution in [2.75, 3.05) is 11.8 Å². The lowest BCUT2D eigenvalue weighted by atomic mass is 10.1. The van der Waals surface area contributed by atoms with Crippen molar-refractivity contribution >= 4 is 26.5 Å². The van der Waals surface area contributed by atoms with Crippen LogP contribution >= 0.6 is 11.3 Å². The molecule has 0 bridgehead atoms. The number of nitrogens with zero attached hydrogens (tertiary/aromatic N) is 1. The van der Waals surface area contributed by atoms with E-state index in [2.05, 4.69) is 15.0 Å². The summed E-state index contributed by atoms with van der Waals surface area (Å²) in [6.07, 6.45) is 0. The van der Waals surface area contributed by atoms with Gasteiger partial charge in [-0.25, -0.2) is 13.4 Å². The number of aromatic nitrogens is 1. The topological polar surface area (TPSA) is 71.1 Å². The average Bonchev–Trinajstić information content (AvgIpc) is 2.88. The molecule has 7 heteroatoms. The van der Waals surface area contributed by atoms with Gasteiger partial charge in [-0.05, 0) is 51.1 Å². The molecule has 114 valence electrons. The summed E-state index contributed by atoms with van der Waals surface area (Å²) in [6.45, 7) is 5.81. The summed E-state index contributed by atoms with van der Waals surface area (Å²) in [5.74, 6) is 0. The highest BCUT2D eigenvalue weighted by atomic mass is 32.2. The van der Waals surface area contributed by atoms with Crippen LogP contribution in [-0.2, 0) is 10.0 Å². The molecule has 0 aliphatic heterocycles. The van der Waals surface area contributed by atoms with Crippen LogP contribution in [0.25, 0.3) is 0 Å². The fraction of sp³-hybridized carbons (Fsp3) is 0.357. The van der Waals surface area contributed by atoms with Crippen molar-refractivity contribution in [1.82, 2.24) is 10.3 Å². The Morgan fingerprint density at radius 2 is 1.95 bits per heavy atom. The molecule has 1 atom stereocenters. The zero-order valence-electron chi connectivity index (χ0n) is 12.5. The summed E-state index contributed by atoms with van der Waals surface area (Å²) in [5.41, 5.74) is 2.83. The van der Waals surface area contributed by atoms with Gasteiger partial charge in [-0.1, -0.05) is 6.07 Å². The Hall–Kier alpha value is -1.44. The van der Waals surface area contributed by atoms with E-state index in [1.54, 1.807) is 18.2 Å². The smallest absolute Gasteiger partial charge is 0.263 e. The zero-order chi connectivity index (χ0) is 15.6. The average molecular weight is 325 g/mol. The quantitative estimate of drug-likeness (QED) is 0.887. The predicted octanol–water partition coefficient (Wildman–Crippen LogP) is 2.84. The molecule has 1 aromatic carbocycles. The maximum atomic E-state index is 12.4. The lowest BCUT2D eigenvalue weighted by Gasteiger charge is -2.08. The Morgan fingerprint density at radius 3 is 2.57 bits per heavy atom. The van der Waals surface area contributed by atoms with Crippen LogP contribution < -0.4 is 10.0 Å². The number of aryl methyl sites for hydroxylation is 2. The molecule has 2 rings (SSSR count). The fourth-order valence-electron chi connectivity index (χ4n) is 1.73. The second kappa shape index (κ2) is 6.13. The fourth-order valence-corrected chi connectivity index (χ4v) is 3.88. The van der Waals surface area contributed by atoms with Gasteiger partial charge >= 0.3 is 0 Å². The molecule has 1 aromatic heterocycles. The normalized spacial score (nSPS) is 13.1. The Morgan fingerprint density at radius 1 is 1.24 bits per heavy atom. The third-order valence-corrected chi connectivity index (χ3v) is 5.65. The summed E-state index contributed by atoms with van der Waals surface area (Å²) < 4.78 is 27.2. The van der Waals surface area contributed by atoms with Gasteiger partial charge in [-0.2, -0.15) is 0 Å². The standard InChI is InChI=1S/C14H19N3O2S2/c1-9-5-6-12(7-10(9)2)21(18,19)17-14-16-13(8-20-14)11(3)15-4/h5-8,11,15H,1-4H3,(H,16,17). The number of hydrogen-bond donors (Lipinski definition) is 2. The number of thiazole rings is 1. The number of nitrogens with one attached hydrogen (secondary N) is 2. The summed E-state index contributed by atoms with van der Waals surface area (Å²) in [5, 5.41) is 5.30. The molecule has 0 radical (unpaired) electrons. The maximum absolute atomic E-state index is 12.4. The van der Waals surface area contributed by atoms with E-state index in [0.29, 0.717) is 5.13 Å². The summed E-state index contributed by atoms with van der Waals surface area (Å²) in [4.78, 5) is 4.55. The van der Waals surface area contributed by atoms with E-state index in [1.807, 2.05) is 33.2 Å². The minimum atomic E-state index is -3.59. The molecule has 2 aromatic rings. The molecule has 0 aliphatic carbocycles. The van der Waals surface area contributed by atoms with Gasteiger partial charge in [0, 0.05) is 11.4 Å². The minimum absolute atomic E-state index is 0.0844. The Labute approximate surface area is 129 Å².